The van der Waals surface area contributed by atoms with Gasteiger partial charge in [-0.1, -0.05) is 29.0 Å². The molecule has 0 aliphatic rings. The van der Waals surface area contributed by atoms with Gasteiger partial charge in [-0.05, 0) is 38.8 Å². The maximum atomic E-state index is 11.8. The lowest BCUT2D eigenvalue weighted by Gasteiger charge is -2.28. The summed E-state index contributed by atoms with van der Waals surface area (Å²) in [6.45, 7) is 7.15. The van der Waals surface area contributed by atoms with E-state index in [1.807, 2.05) is 19.1 Å². The van der Waals surface area contributed by atoms with E-state index in [4.69, 9.17) is 0 Å². The molecular formula is C14H15N2O4S2-. The van der Waals surface area contributed by atoms with Crippen LogP contribution in [0.2, 0.25) is 0 Å². The second-order valence-corrected chi connectivity index (χ2v) is 6.93. The van der Waals surface area contributed by atoms with Crippen molar-refractivity contribution in [1.82, 2.24) is 4.98 Å². The van der Waals surface area contributed by atoms with Crippen molar-refractivity contribution in [3.05, 3.63) is 39.5 Å². The largest absolute Gasteiger partial charge is 0.755 e. The van der Waals surface area contributed by atoms with Crippen LogP contribution in [0.25, 0.3) is 0 Å². The lowest BCUT2D eigenvalue weighted by atomic mass is 10.1. The van der Waals surface area contributed by atoms with E-state index in [0.29, 0.717) is 10.7 Å². The van der Waals surface area contributed by atoms with Crippen LogP contribution in [0.3, 0.4) is 0 Å². The van der Waals surface area contributed by atoms with Crippen molar-refractivity contribution in [2.24, 2.45) is 0 Å². The first-order valence-corrected chi connectivity index (χ1v) is 8.25. The first kappa shape index (κ1) is 16.6. The smallest absolute Gasteiger partial charge is 0.357 e. The summed E-state index contributed by atoms with van der Waals surface area (Å²) >= 11 is -1.62. The van der Waals surface area contributed by atoms with Crippen molar-refractivity contribution >= 4 is 39.3 Å². The molecule has 0 spiro atoms. The van der Waals surface area contributed by atoms with Crippen molar-refractivity contribution in [2.75, 3.05) is 4.31 Å². The van der Waals surface area contributed by atoms with Gasteiger partial charge in [0.25, 0.3) is 0 Å². The molecule has 6 nitrogen and oxygen atoms in total. The molecule has 0 fully saturated rings. The summed E-state index contributed by atoms with van der Waals surface area (Å²) < 4.78 is 24.6. The summed E-state index contributed by atoms with van der Waals surface area (Å²) in [5.74, 6) is -1.25. The summed E-state index contributed by atoms with van der Waals surface area (Å²) in [6, 6.07) is 3.72. The number of hydrogen-bond acceptors (Lipinski definition) is 5. The molecule has 0 amide bonds. The number of carboxylic acid groups (broad SMARTS) is 1. The molecule has 2 aromatic rings. The maximum Gasteiger partial charge on any atom is 0.357 e. The number of hydrogen-bond donors (Lipinski definition) is 1. The SMILES string of the molecule is Cc1cc(C)c(N(c2sc(C)nc2C(=O)O)S(=O)[O-])c(C)c1. The molecule has 0 aliphatic carbocycles. The highest BCUT2D eigenvalue weighted by atomic mass is 32.2. The molecule has 0 saturated carbocycles. The number of benzene rings is 1. The number of thiazole rings is 1. The molecule has 8 heteroatoms. The molecular weight excluding hydrogens is 324 g/mol. The number of rotatable bonds is 4. The Bertz CT molecular complexity index is 747. The summed E-state index contributed by atoms with van der Waals surface area (Å²) in [4.78, 5) is 15.3. The Balaban J connectivity index is 2.73. The summed E-state index contributed by atoms with van der Waals surface area (Å²) in [7, 11) is 0. The molecule has 1 N–H and O–H groups in total. The highest BCUT2D eigenvalue weighted by molar-refractivity contribution is 7.81. The third-order valence-corrected chi connectivity index (χ3v) is 4.83. The van der Waals surface area contributed by atoms with E-state index in [-0.39, 0.29) is 10.7 Å². The average Bonchev–Trinajstić information content (AvgIpc) is 2.74. The van der Waals surface area contributed by atoms with E-state index in [1.165, 1.54) is 0 Å². The minimum atomic E-state index is -2.66. The van der Waals surface area contributed by atoms with E-state index < -0.39 is 17.2 Å². The first-order valence-electron chi connectivity index (χ1n) is 6.40. The van der Waals surface area contributed by atoms with E-state index in [9.17, 15) is 18.7 Å². The molecule has 1 atom stereocenters. The van der Waals surface area contributed by atoms with Gasteiger partial charge in [-0.25, -0.2) is 9.78 Å². The maximum absolute atomic E-state index is 11.8. The topological polar surface area (TPSA) is 93.6 Å². The molecule has 1 aromatic carbocycles. The third-order valence-electron chi connectivity index (χ3n) is 3.09. The Hall–Kier alpha value is -1.77. The molecule has 2 rings (SSSR count). The molecule has 0 radical (unpaired) electrons. The van der Waals surface area contributed by atoms with Gasteiger partial charge < -0.3 is 9.66 Å². The predicted molar refractivity (Wildman–Crippen MR) is 85.5 cm³/mol. The first-order chi connectivity index (χ1) is 10.2. The van der Waals surface area contributed by atoms with Crippen molar-refractivity contribution in [2.45, 2.75) is 27.7 Å². The third kappa shape index (κ3) is 3.03. The summed E-state index contributed by atoms with van der Waals surface area (Å²) in [6.07, 6.45) is 0. The molecule has 1 aromatic heterocycles. The van der Waals surface area contributed by atoms with Crippen molar-refractivity contribution < 1.29 is 18.7 Å². The van der Waals surface area contributed by atoms with Crippen LogP contribution in [0.15, 0.2) is 12.1 Å². The Morgan fingerprint density at radius 3 is 2.27 bits per heavy atom. The quantitative estimate of drug-likeness (QED) is 0.864. The number of anilines is 2. The number of carbonyl (C=O) groups is 1. The van der Waals surface area contributed by atoms with Gasteiger partial charge >= 0.3 is 5.97 Å². The van der Waals surface area contributed by atoms with Gasteiger partial charge in [-0.15, -0.1) is 0 Å². The predicted octanol–water partition coefficient (Wildman–Crippen LogP) is 3.01. The minimum Gasteiger partial charge on any atom is -0.755 e. The number of carboxylic acids is 1. The molecule has 0 bridgehead atoms. The monoisotopic (exact) mass is 339 g/mol. The zero-order valence-corrected chi connectivity index (χ0v) is 14.2. The summed E-state index contributed by atoms with van der Waals surface area (Å²) in [5, 5.41) is 9.84. The Morgan fingerprint density at radius 1 is 1.27 bits per heavy atom. The van der Waals surface area contributed by atoms with Crippen LogP contribution in [-0.2, 0) is 11.3 Å². The van der Waals surface area contributed by atoms with Gasteiger partial charge in [0, 0.05) is 0 Å². The van der Waals surface area contributed by atoms with E-state index in [1.54, 1.807) is 20.8 Å². The zero-order chi connectivity index (χ0) is 16.6. The van der Waals surface area contributed by atoms with Crippen molar-refractivity contribution in [1.29, 1.82) is 0 Å². The van der Waals surface area contributed by atoms with Crippen LogP contribution in [0.1, 0.15) is 32.2 Å². The standard InChI is InChI=1S/C14H16N2O4S2/c1-7-5-8(2)12(9(3)6-7)16(22(19)20)13-11(14(17)18)15-10(4)21-13/h5-6H,1-4H3,(H,17,18)(H,19,20)/p-1. The highest BCUT2D eigenvalue weighted by Crippen LogP contribution is 2.38. The lowest BCUT2D eigenvalue weighted by molar-refractivity contribution is 0.0692. The van der Waals surface area contributed by atoms with Gasteiger partial charge in [0.2, 0.25) is 0 Å². The van der Waals surface area contributed by atoms with Crippen LogP contribution in [-0.4, -0.2) is 24.8 Å². The zero-order valence-electron chi connectivity index (χ0n) is 12.5. The fourth-order valence-electron chi connectivity index (χ4n) is 2.43. The van der Waals surface area contributed by atoms with Gasteiger partial charge in [0.1, 0.15) is 5.00 Å². The number of aromatic carboxylic acids is 1. The molecule has 1 unspecified atom stereocenters. The van der Waals surface area contributed by atoms with Crippen LogP contribution in [0.5, 0.6) is 0 Å². The Labute approximate surface area is 134 Å². The second kappa shape index (κ2) is 6.15. The fraction of sp³-hybridized carbons (Fsp3) is 0.286. The fourth-order valence-corrected chi connectivity index (χ4v) is 4.20. The Kier molecular flexibility index (Phi) is 4.64. The molecule has 0 aliphatic heterocycles. The van der Waals surface area contributed by atoms with Gasteiger partial charge in [-0.3, -0.25) is 8.51 Å². The van der Waals surface area contributed by atoms with Crippen LogP contribution < -0.4 is 4.31 Å². The highest BCUT2D eigenvalue weighted by Gasteiger charge is 2.25. The number of aromatic nitrogens is 1. The van der Waals surface area contributed by atoms with Crippen LogP contribution in [0, 0.1) is 27.7 Å². The second-order valence-electron chi connectivity index (χ2n) is 4.95. The molecule has 118 valence electrons. The average molecular weight is 339 g/mol. The number of aryl methyl sites for hydroxylation is 4. The number of nitrogens with zero attached hydrogens (tertiary/aromatic N) is 2. The van der Waals surface area contributed by atoms with Gasteiger partial charge in [-0.2, -0.15) is 0 Å². The van der Waals surface area contributed by atoms with Gasteiger partial charge in [0.15, 0.2) is 5.69 Å². The molecule has 0 saturated heterocycles. The van der Waals surface area contributed by atoms with Crippen LogP contribution in [0.4, 0.5) is 10.7 Å². The summed E-state index contributed by atoms with van der Waals surface area (Å²) in [5.41, 5.74) is 2.72. The Morgan fingerprint density at radius 2 is 1.82 bits per heavy atom. The van der Waals surface area contributed by atoms with Crippen molar-refractivity contribution in [3.8, 4) is 0 Å². The normalized spacial score (nSPS) is 12.2. The van der Waals surface area contributed by atoms with Crippen LogP contribution >= 0.6 is 11.3 Å². The lowest BCUT2D eigenvalue weighted by Crippen LogP contribution is -2.22. The molecule has 1 heterocycles. The minimum absolute atomic E-state index is 0.0911. The molecule has 22 heavy (non-hydrogen) atoms. The van der Waals surface area contributed by atoms with E-state index >= 15 is 0 Å². The van der Waals surface area contributed by atoms with Gasteiger partial charge in [0.05, 0.1) is 22.0 Å². The van der Waals surface area contributed by atoms with E-state index in [0.717, 1.165) is 32.3 Å². The van der Waals surface area contributed by atoms with E-state index in [2.05, 4.69) is 4.98 Å². The van der Waals surface area contributed by atoms with Crippen molar-refractivity contribution in [3.63, 3.8) is 0 Å².